The summed E-state index contributed by atoms with van der Waals surface area (Å²) < 4.78 is 10.0. The smallest absolute Gasteiger partial charge is 0.253 e. The monoisotopic (exact) mass is 544 g/mol. The molecule has 1 saturated heterocycles. The number of hydrogen-bond donors (Lipinski definition) is 3. The van der Waals surface area contributed by atoms with E-state index < -0.39 is 17.4 Å². The topological polar surface area (TPSA) is 99.3 Å². The van der Waals surface area contributed by atoms with Gasteiger partial charge in [0.1, 0.15) is 11.4 Å². The van der Waals surface area contributed by atoms with E-state index in [-0.39, 0.29) is 5.91 Å². The molecule has 1 saturated carbocycles. The van der Waals surface area contributed by atoms with E-state index in [4.69, 9.17) is 9.73 Å². The Morgan fingerprint density at radius 1 is 1.26 bits per heavy atom. The van der Waals surface area contributed by atoms with Crippen LogP contribution in [0.1, 0.15) is 82.9 Å². The third-order valence-electron chi connectivity index (χ3n) is 8.45. The Hall–Kier alpha value is -1.65. The molecule has 2 aliphatic carbocycles. The summed E-state index contributed by atoms with van der Waals surface area (Å²) in [4.78, 5) is 17.9. The first kappa shape index (κ1) is 27.9. The van der Waals surface area contributed by atoms with Crippen LogP contribution in [0.5, 0.6) is 0 Å². The molecule has 1 amide bonds. The van der Waals surface area contributed by atoms with E-state index in [0.29, 0.717) is 18.3 Å². The number of allylic oxidation sites excluding steroid dienone is 1. The zero-order valence-electron chi connectivity index (χ0n) is 23.0. The van der Waals surface area contributed by atoms with Crippen LogP contribution in [-0.2, 0) is 22.5 Å². The van der Waals surface area contributed by atoms with Crippen molar-refractivity contribution in [2.45, 2.75) is 102 Å². The molecule has 0 aromatic carbocycles. The number of nitrogens with zero attached hydrogens (tertiary/aromatic N) is 3. The number of ether oxygens (including phenoxy) is 1. The summed E-state index contributed by atoms with van der Waals surface area (Å²) >= 11 is 1.69. The van der Waals surface area contributed by atoms with Crippen LogP contribution in [0.3, 0.4) is 0 Å². The van der Waals surface area contributed by atoms with Crippen molar-refractivity contribution in [3.05, 3.63) is 29.6 Å². The molecule has 1 aromatic heterocycles. The van der Waals surface area contributed by atoms with Gasteiger partial charge in [-0.3, -0.25) is 14.1 Å². The first-order chi connectivity index (χ1) is 18.2. The molecule has 3 heterocycles. The Balaban J connectivity index is 1.11. The van der Waals surface area contributed by atoms with Gasteiger partial charge in [0.2, 0.25) is 0 Å². The van der Waals surface area contributed by atoms with Crippen LogP contribution in [0.25, 0.3) is 5.57 Å². The van der Waals surface area contributed by atoms with Gasteiger partial charge in [-0.05, 0) is 70.4 Å². The van der Waals surface area contributed by atoms with Gasteiger partial charge in [0.25, 0.3) is 5.91 Å². The Labute approximate surface area is 231 Å². The summed E-state index contributed by atoms with van der Waals surface area (Å²) in [6.07, 6.45) is 14.0. The number of aliphatic hydroxyl groups is 2. The Morgan fingerprint density at radius 3 is 2.76 bits per heavy atom. The number of aromatic nitrogens is 1. The fraction of sp³-hybridized carbons (Fsp3) is 0.724. The number of fused-ring (bicyclic) bond motifs is 1. The second-order valence-electron chi connectivity index (χ2n) is 11.8. The van der Waals surface area contributed by atoms with Gasteiger partial charge in [0.05, 0.1) is 12.7 Å². The summed E-state index contributed by atoms with van der Waals surface area (Å²) in [5.74, 6) is 0.976. The van der Waals surface area contributed by atoms with Crippen molar-refractivity contribution in [1.82, 2.24) is 14.2 Å². The predicted octanol–water partition coefficient (Wildman–Crippen LogP) is 3.91. The molecule has 1 atom stereocenters. The fourth-order valence-corrected chi connectivity index (χ4v) is 7.28. The van der Waals surface area contributed by atoms with E-state index in [0.717, 1.165) is 81.6 Å². The number of amides is 1. The Morgan fingerprint density at radius 2 is 2.03 bits per heavy atom. The molecule has 8 nitrogen and oxygen atoms in total. The lowest BCUT2D eigenvalue weighted by Crippen LogP contribution is -2.47. The number of amidine groups is 1. The van der Waals surface area contributed by atoms with E-state index in [1.54, 1.807) is 25.8 Å². The summed E-state index contributed by atoms with van der Waals surface area (Å²) in [7, 11) is 0. The largest absolute Gasteiger partial charge is 0.387 e. The predicted molar refractivity (Wildman–Crippen MR) is 152 cm³/mol. The van der Waals surface area contributed by atoms with Gasteiger partial charge in [-0.2, -0.15) is 0 Å². The summed E-state index contributed by atoms with van der Waals surface area (Å²) in [5, 5.41) is 24.0. The van der Waals surface area contributed by atoms with Crippen molar-refractivity contribution in [3.8, 4) is 0 Å². The van der Waals surface area contributed by atoms with Crippen molar-refractivity contribution in [1.29, 1.82) is 0 Å². The SMILES string of the molecule is CC(C)(O)OCCCn1ccc2c1CCC=C2C(O)CSN1CCC2(CC1)N=C(C1CCCCC1)NC2=O. The molecule has 1 aromatic rings. The maximum atomic E-state index is 12.9. The highest BCUT2D eigenvalue weighted by molar-refractivity contribution is 7.97. The number of hydrogen-bond acceptors (Lipinski definition) is 7. The van der Waals surface area contributed by atoms with Crippen molar-refractivity contribution in [2.24, 2.45) is 10.9 Å². The molecule has 210 valence electrons. The zero-order chi connectivity index (χ0) is 26.8. The van der Waals surface area contributed by atoms with E-state index >= 15 is 0 Å². The molecule has 1 spiro atoms. The van der Waals surface area contributed by atoms with Crippen molar-refractivity contribution < 1.29 is 19.7 Å². The van der Waals surface area contributed by atoms with Crippen LogP contribution in [0.2, 0.25) is 0 Å². The van der Waals surface area contributed by atoms with Crippen LogP contribution in [0, 0.1) is 5.92 Å². The molecule has 0 bridgehead atoms. The number of carbonyl (C=O) groups excluding carboxylic acids is 1. The molecular weight excluding hydrogens is 500 g/mol. The van der Waals surface area contributed by atoms with Crippen molar-refractivity contribution in [2.75, 3.05) is 25.4 Å². The number of nitrogens with one attached hydrogen (secondary N) is 1. The summed E-state index contributed by atoms with van der Waals surface area (Å²) in [6, 6.07) is 2.12. The average molecular weight is 545 g/mol. The van der Waals surface area contributed by atoms with Gasteiger partial charge < -0.3 is 24.8 Å². The van der Waals surface area contributed by atoms with E-state index in [2.05, 4.69) is 32.5 Å². The number of aryl methyl sites for hydroxylation is 1. The first-order valence-corrected chi connectivity index (χ1v) is 15.4. The Kier molecular flexibility index (Phi) is 8.69. The van der Waals surface area contributed by atoms with Gasteiger partial charge in [0.15, 0.2) is 5.79 Å². The van der Waals surface area contributed by atoms with E-state index in [9.17, 15) is 15.0 Å². The van der Waals surface area contributed by atoms with Crippen LogP contribution < -0.4 is 5.32 Å². The molecule has 2 aliphatic heterocycles. The number of rotatable bonds is 10. The van der Waals surface area contributed by atoms with Gasteiger partial charge in [0, 0.05) is 48.8 Å². The third kappa shape index (κ3) is 6.39. The van der Waals surface area contributed by atoms with E-state index in [1.807, 2.05) is 0 Å². The molecule has 5 rings (SSSR count). The first-order valence-electron chi connectivity index (χ1n) is 14.5. The summed E-state index contributed by atoms with van der Waals surface area (Å²) in [5.41, 5.74) is 2.87. The lowest BCUT2D eigenvalue weighted by molar-refractivity contribution is -0.176. The molecule has 3 N–H and O–H groups in total. The zero-order valence-corrected chi connectivity index (χ0v) is 23.8. The Bertz CT molecular complexity index is 1050. The maximum absolute atomic E-state index is 12.9. The molecule has 0 radical (unpaired) electrons. The minimum absolute atomic E-state index is 0.0961. The van der Waals surface area contributed by atoms with Crippen LogP contribution in [0.4, 0.5) is 0 Å². The fourth-order valence-electron chi connectivity index (χ4n) is 6.30. The molecular formula is C29H44N4O4S. The van der Waals surface area contributed by atoms with Crippen molar-refractivity contribution in [3.63, 3.8) is 0 Å². The molecule has 4 aliphatic rings. The lowest BCUT2D eigenvalue weighted by Gasteiger charge is -2.35. The maximum Gasteiger partial charge on any atom is 0.253 e. The number of carbonyl (C=O) groups is 1. The molecule has 9 heteroatoms. The van der Waals surface area contributed by atoms with E-state index in [1.165, 1.54) is 25.0 Å². The summed E-state index contributed by atoms with van der Waals surface area (Å²) in [6.45, 7) is 6.24. The lowest BCUT2D eigenvalue weighted by atomic mass is 9.88. The molecule has 2 fully saturated rings. The molecule has 38 heavy (non-hydrogen) atoms. The number of aliphatic hydroxyl groups excluding tert-OH is 1. The average Bonchev–Trinajstić information content (AvgIpc) is 3.47. The van der Waals surface area contributed by atoms with Crippen LogP contribution in [0.15, 0.2) is 23.3 Å². The van der Waals surface area contributed by atoms with Gasteiger partial charge in [-0.15, -0.1) is 0 Å². The highest BCUT2D eigenvalue weighted by Crippen LogP contribution is 2.37. The van der Waals surface area contributed by atoms with Gasteiger partial charge in [-0.25, -0.2) is 0 Å². The number of aliphatic imine (C=N–C) groups is 1. The van der Waals surface area contributed by atoms with Crippen molar-refractivity contribution >= 4 is 29.3 Å². The normalized spacial score (nSPS) is 23.2. The minimum atomic E-state index is -1.10. The quantitative estimate of drug-likeness (QED) is 0.235. The standard InChI is InChI=1S/C29H44N4O4S/c1-28(2,36)37-19-7-15-32-16-12-22-23(10-6-11-24(22)32)25(34)20-38-33-17-13-29(14-18-33)27(35)30-26(31-29)21-8-4-3-5-9-21/h10,12,16,21,25,34,36H,3-9,11,13-15,17-20H2,1-2H3,(H,30,31,35). The molecule has 1 unspecified atom stereocenters. The third-order valence-corrected chi connectivity index (χ3v) is 9.64. The van der Waals surface area contributed by atoms with Gasteiger partial charge >= 0.3 is 0 Å². The highest BCUT2D eigenvalue weighted by atomic mass is 32.2. The van der Waals surface area contributed by atoms with Gasteiger partial charge in [-0.1, -0.05) is 37.3 Å². The second kappa shape index (κ2) is 11.8. The van der Waals surface area contributed by atoms with Crippen LogP contribution >= 0.6 is 11.9 Å². The second-order valence-corrected chi connectivity index (χ2v) is 12.9. The van der Waals surface area contributed by atoms with Crippen LogP contribution in [-0.4, -0.2) is 73.7 Å². The minimum Gasteiger partial charge on any atom is -0.387 e. The highest BCUT2D eigenvalue weighted by Gasteiger charge is 2.47. The number of piperidine rings is 1.